The predicted molar refractivity (Wildman–Crippen MR) is 124 cm³/mol. The van der Waals surface area contributed by atoms with Crippen LogP contribution in [0.1, 0.15) is 36.9 Å². The average Bonchev–Trinajstić information content (AvgIpc) is 3.19. The second kappa shape index (κ2) is 11.3. The molecule has 168 valence electrons. The van der Waals surface area contributed by atoms with Gasteiger partial charge in [-0.15, -0.1) is 10.2 Å². The van der Waals surface area contributed by atoms with Gasteiger partial charge in [0.2, 0.25) is 11.8 Å². The Morgan fingerprint density at radius 1 is 1.09 bits per heavy atom. The lowest BCUT2D eigenvalue weighted by Crippen LogP contribution is -2.20. The summed E-state index contributed by atoms with van der Waals surface area (Å²) in [5.41, 5.74) is 6.73. The first-order chi connectivity index (χ1) is 15.5. The number of ether oxygens (including phenoxy) is 1. The summed E-state index contributed by atoms with van der Waals surface area (Å²) in [6.07, 6.45) is 0.597. The highest BCUT2D eigenvalue weighted by molar-refractivity contribution is 8.00. The minimum Gasteiger partial charge on any atom is -0.492 e. The van der Waals surface area contributed by atoms with Gasteiger partial charge in [0.15, 0.2) is 5.16 Å². The van der Waals surface area contributed by atoms with Crippen LogP contribution in [-0.4, -0.2) is 33.2 Å². The molecule has 1 unspecified atom stereocenters. The van der Waals surface area contributed by atoms with E-state index in [1.165, 1.54) is 11.8 Å². The number of anilines is 1. The molecule has 0 spiro atoms. The Kier molecular flexibility index (Phi) is 8.27. The van der Waals surface area contributed by atoms with E-state index in [0.29, 0.717) is 42.0 Å². The van der Waals surface area contributed by atoms with Gasteiger partial charge in [-0.25, -0.2) is 0 Å². The van der Waals surface area contributed by atoms with Gasteiger partial charge < -0.3 is 20.4 Å². The van der Waals surface area contributed by atoms with Gasteiger partial charge in [0.05, 0.1) is 12.3 Å². The topological polar surface area (TPSA) is 112 Å². The number of aryl methyl sites for hydroxylation is 1. The molecule has 0 saturated heterocycles. The minimum atomic E-state index is -0.565. The number of nitrogens with zero attached hydrogens (tertiary/aromatic N) is 3. The van der Waals surface area contributed by atoms with Crippen molar-refractivity contribution in [1.82, 2.24) is 14.8 Å². The maximum absolute atomic E-state index is 13.4. The first-order valence-electron chi connectivity index (χ1n) is 10.5. The number of benzene rings is 2. The third kappa shape index (κ3) is 5.88. The van der Waals surface area contributed by atoms with Crippen LogP contribution in [0, 0.1) is 0 Å². The summed E-state index contributed by atoms with van der Waals surface area (Å²) in [6, 6.07) is 16.9. The number of hydrogen-bond acceptors (Lipinski definition) is 6. The normalized spacial score (nSPS) is 11.7. The second-order valence-corrected chi connectivity index (χ2v) is 8.01. The van der Waals surface area contributed by atoms with Crippen molar-refractivity contribution < 1.29 is 14.3 Å². The maximum Gasteiger partial charge on any atom is 0.242 e. The molecule has 0 aliphatic carbocycles. The van der Waals surface area contributed by atoms with E-state index >= 15 is 0 Å². The number of primary amides is 1. The zero-order valence-corrected chi connectivity index (χ0v) is 19.0. The first kappa shape index (κ1) is 23.3. The molecule has 0 aliphatic heterocycles. The van der Waals surface area contributed by atoms with Crippen LogP contribution in [0.2, 0.25) is 0 Å². The van der Waals surface area contributed by atoms with Crippen molar-refractivity contribution in [3.63, 3.8) is 0 Å². The summed E-state index contributed by atoms with van der Waals surface area (Å²) >= 11 is 1.31. The van der Waals surface area contributed by atoms with Crippen molar-refractivity contribution in [2.24, 2.45) is 5.73 Å². The molecule has 1 heterocycles. The predicted octanol–water partition coefficient (Wildman–Crippen LogP) is 3.59. The van der Waals surface area contributed by atoms with E-state index in [1.54, 1.807) is 0 Å². The standard InChI is InChI=1S/C23H27N5O3S/c1-3-28-20(15-14-19(24)29)26-27-23(28)32-21(16-10-6-5-7-11-16)22(30)25-17-12-8-9-13-18(17)31-4-2/h5-13,21H,3-4,14-15H2,1-2H3,(H2,24,29)(H,25,30). The molecular weight excluding hydrogens is 426 g/mol. The summed E-state index contributed by atoms with van der Waals surface area (Å²) in [5.74, 6) is 0.699. The van der Waals surface area contributed by atoms with E-state index in [1.807, 2.05) is 73.0 Å². The summed E-state index contributed by atoms with van der Waals surface area (Å²) in [6.45, 7) is 4.98. The number of nitrogens with two attached hydrogens (primary N) is 1. The fourth-order valence-electron chi connectivity index (χ4n) is 3.20. The number of aromatic nitrogens is 3. The number of carbonyl (C=O) groups is 2. The molecule has 3 aromatic rings. The number of hydrogen-bond donors (Lipinski definition) is 2. The Labute approximate surface area is 191 Å². The number of rotatable bonds is 11. The average molecular weight is 454 g/mol. The lowest BCUT2D eigenvalue weighted by molar-refractivity contribution is -0.118. The number of thioether (sulfide) groups is 1. The van der Waals surface area contributed by atoms with Crippen LogP contribution in [0.3, 0.4) is 0 Å². The van der Waals surface area contributed by atoms with Crippen molar-refractivity contribution in [2.45, 2.75) is 43.6 Å². The molecule has 3 rings (SSSR count). The van der Waals surface area contributed by atoms with E-state index in [4.69, 9.17) is 10.5 Å². The van der Waals surface area contributed by atoms with Gasteiger partial charge in [0.1, 0.15) is 16.8 Å². The number of carbonyl (C=O) groups excluding carboxylic acids is 2. The molecule has 0 aliphatic rings. The van der Waals surface area contributed by atoms with E-state index in [-0.39, 0.29) is 18.2 Å². The Balaban J connectivity index is 1.88. The van der Waals surface area contributed by atoms with Crippen LogP contribution in [0.15, 0.2) is 59.8 Å². The fourth-order valence-corrected chi connectivity index (χ4v) is 4.32. The molecule has 1 aromatic heterocycles. The van der Waals surface area contributed by atoms with Crippen molar-refractivity contribution in [2.75, 3.05) is 11.9 Å². The van der Waals surface area contributed by atoms with E-state index in [9.17, 15) is 9.59 Å². The summed E-state index contributed by atoms with van der Waals surface area (Å²) in [4.78, 5) is 24.6. The molecule has 1 atom stereocenters. The molecule has 0 fully saturated rings. The minimum absolute atomic E-state index is 0.194. The zero-order chi connectivity index (χ0) is 22.9. The molecule has 32 heavy (non-hydrogen) atoms. The van der Waals surface area contributed by atoms with Crippen LogP contribution in [0.25, 0.3) is 0 Å². The van der Waals surface area contributed by atoms with Gasteiger partial charge in [-0.1, -0.05) is 54.2 Å². The van der Waals surface area contributed by atoms with Gasteiger partial charge in [0.25, 0.3) is 0 Å². The third-order valence-corrected chi connectivity index (χ3v) is 5.95. The summed E-state index contributed by atoms with van der Waals surface area (Å²) < 4.78 is 7.55. The van der Waals surface area contributed by atoms with Crippen LogP contribution >= 0.6 is 11.8 Å². The van der Waals surface area contributed by atoms with Gasteiger partial charge in [0, 0.05) is 19.4 Å². The first-order valence-corrected chi connectivity index (χ1v) is 11.4. The molecule has 2 amide bonds. The van der Waals surface area contributed by atoms with E-state index in [2.05, 4.69) is 15.5 Å². The quantitative estimate of drug-likeness (QED) is 0.429. The molecule has 3 N–H and O–H groups in total. The van der Waals surface area contributed by atoms with Crippen LogP contribution in [0.4, 0.5) is 5.69 Å². The fraction of sp³-hybridized carbons (Fsp3) is 0.304. The molecule has 0 radical (unpaired) electrons. The Morgan fingerprint density at radius 3 is 2.50 bits per heavy atom. The monoisotopic (exact) mass is 453 g/mol. The summed E-state index contributed by atoms with van der Waals surface area (Å²) in [5, 5.41) is 11.5. The SMILES string of the molecule is CCOc1ccccc1NC(=O)C(Sc1nnc(CCC(N)=O)n1CC)c1ccccc1. The maximum atomic E-state index is 13.4. The molecule has 9 heteroatoms. The molecular formula is C23H27N5O3S. The second-order valence-electron chi connectivity index (χ2n) is 6.94. The lowest BCUT2D eigenvalue weighted by atomic mass is 10.1. The molecule has 0 saturated carbocycles. The molecule has 2 aromatic carbocycles. The van der Waals surface area contributed by atoms with Crippen LogP contribution < -0.4 is 15.8 Å². The van der Waals surface area contributed by atoms with Crippen molar-refractivity contribution in [3.8, 4) is 5.75 Å². The highest BCUT2D eigenvalue weighted by atomic mass is 32.2. The number of amides is 2. The van der Waals surface area contributed by atoms with Gasteiger partial charge in [-0.05, 0) is 31.5 Å². The van der Waals surface area contributed by atoms with Crippen molar-refractivity contribution >= 4 is 29.3 Å². The Bertz CT molecular complexity index is 1050. The van der Waals surface area contributed by atoms with E-state index in [0.717, 1.165) is 5.56 Å². The Morgan fingerprint density at radius 2 is 1.81 bits per heavy atom. The smallest absolute Gasteiger partial charge is 0.242 e. The van der Waals surface area contributed by atoms with Crippen molar-refractivity contribution in [1.29, 1.82) is 0 Å². The highest BCUT2D eigenvalue weighted by Gasteiger charge is 2.26. The molecule has 8 nitrogen and oxygen atoms in total. The number of para-hydroxylation sites is 2. The zero-order valence-electron chi connectivity index (χ0n) is 18.2. The van der Waals surface area contributed by atoms with E-state index < -0.39 is 5.25 Å². The van der Waals surface area contributed by atoms with Gasteiger partial charge >= 0.3 is 0 Å². The van der Waals surface area contributed by atoms with Gasteiger partial charge in [-0.2, -0.15) is 0 Å². The number of nitrogens with one attached hydrogen (secondary N) is 1. The summed E-state index contributed by atoms with van der Waals surface area (Å²) in [7, 11) is 0. The molecule has 0 bridgehead atoms. The largest absolute Gasteiger partial charge is 0.492 e. The Hall–Kier alpha value is -3.33. The van der Waals surface area contributed by atoms with Crippen LogP contribution in [-0.2, 0) is 22.6 Å². The van der Waals surface area contributed by atoms with Crippen LogP contribution in [0.5, 0.6) is 5.75 Å². The van der Waals surface area contributed by atoms with Crippen molar-refractivity contribution in [3.05, 3.63) is 66.0 Å². The lowest BCUT2D eigenvalue weighted by Gasteiger charge is -2.18. The van der Waals surface area contributed by atoms with Gasteiger partial charge in [-0.3, -0.25) is 9.59 Å². The third-order valence-electron chi connectivity index (χ3n) is 4.71. The highest BCUT2D eigenvalue weighted by Crippen LogP contribution is 2.36.